The van der Waals surface area contributed by atoms with Crippen LogP contribution in [0.3, 0.4) is 0 Å². The second-order valence-corrected chi connectivity index (χ2v) is 6.34. The van der Waals surface area contributed by atoms with Gasteiger partial charge in [-0.3, -0.25) is 4.90 Å². The van der Waals surface area contributed by atoms with Crippen LogP contribution >= 0.6 is 0 Å². The van der Waals surface area contributed by atoms with Gasteiger partial charge in [-0.15, -0.1) is 0 Å². The molecule has 130 valence electrons. The van der Waals surface area contributed by atoms with Crippen LogP contribution in [0.15, 0.2) is 36.7 Å². The van der Waals surface area contributed by atoms with Crippen LogP contribution in [-0.2, 0) is 24.4 Å². The summed E-state index contributed by atoms with van der Waals surface area (Å²) in [6.07, 6.45) is 5.06. The number of rotatable bonds is 7. The van der Waals surface area contributed by atoms with Gasteiger partial charge in [-0.05, 0) is 37.5 Å². The van der Waals surface area contributed by atoms with Crippen LogP contribution in [0.4, 0.5) is 0 Å². The summed E-state index contributed by atoms with van der Waals surface area (Å²) < 4.78 is 13.4. The first-order chi connectivity index (χ1) is 11.8. The molecule has 0 saturated heterocycles. The van der Waals surface area contributed by atoms with Gasteiger partial charge >= 0.3 is 0 Å². The van der Waals surface area contributed by atoms with Crippen LogP contribution in [0.5, 0.6) is 5.88 Å². The quantitative estimate of drug-likeness (QED) is 0.732. The molecule has 3 rings (SSSR count). The van der Waals surface area contributed by atoms with Crippen LogP contribution in [0.25, 0.3) is 0 Å². The van der Waals surface area contributed by atoms with E-state index in [0.717, 1.165) is 57.3 Å². The molecular weight excluding hydrogens is 302 g/mol. The molecule has 5 nitrogen and oxygen atoms in total. The van der Waals surface area contributed by atoms with Crippen LogP contribution in [0.1, 0.15) is 24.6 Å². The third-order valence-electron chi connectivity index (χ3n) is 4.59. The van der Waals surface area contributed by atoms with Crippen molar-refractivity contribution in [3.05, 3.63) is 47.9 Å². The molecule has 0 amide bonds. The van der Waals surface area contributed by atoms with Crippen molar-refractivity contribution in [3.63, 3.8) is 0 Å². The van der Waals surface area contributed by atoms with Gasteiger partial charge in [0, 0.05) is 63.0 Å². The van der Waals surface area contributed by atoms with Crippen LogP contribution in [0.2, 0.25) is 0 Å². The Morgan fingerprint density at radius 2 is 2.17 bits per heavy atom. The van der Waals surface area contributed by atoms with Crippen LogP contribution in [-0.4, -0.2) is 41.3 Å². The van der Waals surface area contributed by atoms with Crippen molar-refractivity contribution < 1.29 is 9.47 Å². The molecule has 0 radical (unpaired) electrons. The van der Waals surface area contributed by atoms with E-state index in [9.17, 15) is 0 Å². The zero-order chi connectivity index (χ0) is 16.8. The Balaban J connectivity index is 1.74. The minimum Gasteiger partial charge on any atom is -0.481 e. The van der Waals surface area contributed by atoms with Gasteiger partial charge in [0.25, 0.3) is 0 Å². The summed E-state index contributed by atoms with van der Waals surface area (Å²) in [5, 5.41) is 0. The Kier molecular flexibility index (Phi) is 5.88. The molecule has 5 heteroatoms. The molecule has 1 aliphatic heterocycles. The zero-order valence-electron chi connectivity index (χ0n) is 14.6. The molecule has 0 N–H and O–H groups in total. The maximum absolute atomic E-state index is 5.58. The van der Waals surface area contributed by atoms with Gasteiger partial charge in [-0.2, -0.15) is 0 Å². The lowest BCUT2D eigenvalue weighted by molar-refractivity contribution is 0.118. The van der Waals surface area contributed by atoms with Crippen LogP contribution < -0.4 is 4.74 Å². The highest BCUT2D eigenvalue weighted by Crippen LogP contribution is 2.23. The highest BCUT2D eigenvalue weighted by molar-refractivity contribution is 5.25. The average molecular weight is 329 g/mol. The van der Waals surface area contributed by atoms with Crippen molar-refractivity contribution in [2.75, 3.05) is 26.9 Å². The van der Waals surface area contributed by atoms with Gasteiger partial charge < -0.3 is 14.0 Å². The Morgan fingerprint density at radius 1 is 1.25 bits per heavy atom. The van der Waals surface area contributed by atoms with E-state index in [2.05, 4.69) is 45.8 Å². The van der Waals surface area contributed by atoms with Crippen molar-refractivity contribution in [2.24, 2.45) is 5.92 Å². The number of hydrogen-bond donors (Lipinski definition) is 0. The van der Waals surface area contributed by atoms with E-state index in [1.807, 2.05) is 6.07 Å². The second kappa shape index (κ2) is 8.31. The number of ether oxygens (including phenoxy) is 2. The van der Waals surface area contributed by atoms with Gasteiger partial charge in [-0.25, -0.2) is 4.98 Å². The van der Waals surface area contributed by atoms with Crippen molar-refractivity contribution in [1.29, 1.82) is 0 Å². The molecule has 0 aromatic carbocycles. The molecule has 24 heavy (non-hydrogen) atoms. The predicted octanol–water partition coefficient (Wildman–Crippen LogP) is 2.95. The minimum absolute atomic E-state index is 0.591. The third-order valence-corrected chi connectivity index (χ3v) is 4.59. The fraction of sp³-hybridized carbons (Fsp3) is 0.526. The average Bonchev–Trinajstić information content (AvgIpc) is 2.95. The molecule has 1 aliphatic rings. The van der Waals surface area contributed by atoms with Gasteiger partial charge in [0.15, 0.2) is 0 Å². The Bertz CT molecular complexity index is 641. The predicted molar refractivity (Wildman–Crippen MR) is 93.9 cm³/mol. The van der Waals surface area contributed by atoms with Crippen molar-refractivity contribution in [1.82, 2.24) is 14.5 Å². The lowest BCUT2D eigenvalue weighted by Gasteiger charge is -2.24. The molecule has 0 spiro atoms. The largest absolute Gasteiger partial charge is 0.481 e. The fourth-order valence-electron chi connectivity index (χ4n) is 3.43. The summed E-state index contributed by atoms with van der Waals surface area (Å²) in [4.78, 5) is 6.82. The summed E-state index contributed by atoms with van der Waals surface area (Å²) in [5.74, 6) is 1.32. The number of hydrogen-bond acceptors (Lipinski definition) is 4. The first-order valence-electron chi connectivity index (χ1n) is 8.72. The SMILES string of the molecule is CCOCC[C@H]1CN(Cc2cccnc2OC)Cc2cccn2C1. The summed E-state index contributed by atoms with van der Waals surface area (Å²) in [7, 11) is 1.68. The molecule has 1 atom stereocenters. The zero-order valence-corrected chi connectivity index (χ0v) is 14.6. The number of pyridine rings is 1. The van der Waals surface area contributed by atoms with E-state index in [-0.39, 0.29) is 0 Å². The maximum Gasteiger partial charge on any atom is 0.217 e. The summed E-state index contributed by atoms with van der Waals surface area (Å²) in [5.41, 5.74) is 2.51. The summed E-state index contributed by atoms with van der Waals surface area (Å²) in [6, 6.07) is 8.44. The highest BCUT2D eigenvalue weighted by Gasteiger charge is 2.22. The normalized spacial score (nSPS) is 18.2. The van der Waals surface area contributed by atoms with Crippen LogP contribution in [0, 0.1) is 5.92 Å². The van der Waals surface area contributed by atoms with Crippen molar-refractivity contribution >= 4 is 0 Å². The monoisotopic (exact) mass is 329 g/mol. The molecule has 2 aromatic heterocycles. The van der Waals surface area contributed by atoms with E-state index in [0.29, 0.717) is 5.92 Å². The Labute approximate surface area is 144 Å². The van der Waals surface area contributed by atoms with Gasteiger partial charge in [-0.1, -0.05) is 6.07 Å². The number of methoxy groups -OCH3 is 1. The maximum atomic E-state index is 5.58. The summed E-state index contributed by atoms with van der Waals surface area (Å²) in [6.45, 7) is 7.62. The van der Waals surface area contributed by atoms with E-state index >= 15 is 0 Å². The third kappa shape index (κ3) is 4.16. The lowest BCUT2D eigenvalue weighted by Crippen LogP contribution is -2.28. The van der Waals surface area contributed by atoms with E-state index in [1.165, 1.54) is 5.69 Å². The number of nitrogens with zero attached hydrogens (tertiary/aromatic N) is 3. The molecular formula is C19H27N3O2. The molecule has 0 fully saturated rings. The topological polar surface area (TPSA) is 39.5 Å². The van der Waals surface area contributed by atoms with E-state index in [4.69, 9.17) is 9.47 Å². The van der Waals surface area contributed by atoms with Gasteiger partial charge in [0.1, 0.15) is 0 Å². The second-order valence-electron chi connectivity index (χ2n) is 6.34. The van der Waals surface area contributed by atoms with Crippen molar-refractivity contribution in [2.45, 2.75) is 33.0 Å². The first-order valence-corrected chi connectivity index (χ1v) is 8.72. The van der Waals surface area contributed by atoms with Gasteiger partial charge in [0.05, 0.1) is 7.11 Å². The fourth-order valence-corrected chi connectivity index (χ4v) is 3.43. The lowest BCUT2D eigenvalue weighted by atomic mass is 10.1. The van der Waals surface area contributed by atoms with Gasteiger partial charge in [0.2, 0.25) is 5.88 Å². The van der Waals surface area contributed by atoms with E-state index < -0.39 is 0 Å². The molecule has 0 aliphatic carbocycles. The standard InChI is InChI=1S/C19H27N3O2/c1-3-24-11-8-16-12-21(15-18-7-5-10-22(18)13-16)14-17-6-4-9-20-19(17)23-2/h4-7,9-10,16H,3,8,11-15H2,1-2H3/t16-/m0/s1. The molecule has 0 unspecified atom stereocenters. The number of aromatic nitrogens is 2. The Morgan fingerprint density at radius 3 is 3.00 bits per heavy atom. The molecule has 2 aromatic rings. The minimum atomic E-state index is 0.591. The molecule has 3 heterocycles. The summed E-state index contributed by atoms with van der Waals surface area (Å²) >= 11 is 0. The number of fused-ring (bicyclic) bond motifs is 1. The Hall–Kier alpha value is -1.85. The van der Waals surface area contributed by atoms with Crippen molar-refractivity contribution in [3.8, 4) is 5.88 Å². The molecule has 0 bridgehead atoms. The molecule has 0 saturated carbocycles. The first kappa shape index (κ1) is 17.0. The smallest absolute Gasteiger partial charge is 0.217 e. The highest BCUT2D eigenvalue weighted by atomic mass is 16.5. The van der Waals surface area contributed by atoms with E-state index in [1.54, 1.807) is 13.3 Å².